The highest BCUT2D eigenvalue weighted by molar-refractivity contribution is 5.73. The fourth-order valence-corrected chi connectivity index (χ4v) is 11.8. The van der Waals surface area contributed by atoms with E-state index in [0.29, 0.717) is 38.1 Å². The number of carbonyl (C=O) groups is 1. The van der Waals surface area contributed by atoms with Crippen LogP contribution < -0.4 is 4.74 Å². The molecule has 74 heavy (non-hydrogen) atoms. The predicted molar refractivity (Wildman–Crippen MR) is 283 cm³/mol. The number of ether oxygens (including phenoxy) is 7. The Bertz CT molecular complexity index is 2180. The summed E-state index contributed by atoms with van der Waals surface area (Å²) in [7, 11) is 7.32. The summed E-state index contributed by atoms with van der Waals surface area (Å²) in [5.74, 6) is -1.62. The van der Waals surface area contributed by atoms with E-state index in [9.17, 15) is 20.1 Å². The topological polar surface area (TPSA) is 192 Å². The van der Waals surface area contributed by atoms with Gasteiger partial charge in [-0.25, -0.2) is 4.98 Å². The largest absolute Gasteiger partial charge is 0.481 e. The molecule has 5 heterocycles. The molecule has 0 saturated carbocycles. The summed E-state index contributed by atoms with van der Waals surface area (Å²) in [6.45, 7) is 20.9. The second-order valence-corrected chi connectivity index (χ2v) is 23.0. The molecule has 17 heteroatoms. The van der Waals surface area contributed by atoms with Crippen LogP contribution in [0.1, 0.15) is 132 Å². The number of unbranched alkanes of at least 4 members (excludes halogenated alkanes) is 1. The molecule has 6 rings (SSSR count). The van der Waals surface area contributed by atoms with E-state index in [4.69, 9.17) is 33.2 Å². The highest BCUT2D eigenvalue weighted by Crippen LogP contribution is 2.40. The van der Waals surface area contributed by atoms with Crippen LogP contribution in [0.4, 0.5) is 0 Å². The van der Waals surface area contributed by atoms with Crippen LogP contribution in [-0.2, 0) is 52.6 Å². The Hall–Kier alpha value is -3.62. The Balaban J connectivity index is 1.14. The second-order valence-electron chi connectivity index (χ2n) is 23.0. The van der Waals surface area contributed by atoms with Gasteiger partial charge in [0, 0.05) is 94.5 Å². The van der Waals surface area contributed by atoms with Gasteiger partial charge in [0.25, 0.3) is 0 Å². The Morgan fingerprint density at radius 1 is 0.865 bits per heavy atom. The number of aryl methyl sites for hydroxylation is 2. The molecular formula is C57H92N6O11. The first-order chi connectivity index (χ1) is 34.9. The normalized spacial score (nSPS) is 36.2. The van der Waals surface area contributed by atoms with Crippen molar-refractivity contribution >= 4 is 5.97 Å². The van der Waals surface area contributed by atoms with E-state index in [1.54, 1.807) is 28.1 Å². The van der Waals surface area contributed by atoms with Gasteiger partial charge >= 0.3 is 5.97 Å². The third-order valence-corrected chi connectivity index (χ3v) is 16.4. The number of rotatable bonds is 17. The third-order valence-electron chi connectivity index (χ3n) is 16.4. The number of hydrogen-bond acceptors (Lipinski definition) is 16. The number of esters is 1. The summed E-state index contributed by atoms with van der Waals surface area (Å²) in [6, 6.07) is 12.2. The van der Waals surface area contributed by atoms with Crippen LogP contribution in [0.2, 0.25) is 0 Å². The molecule has 3 aliphatic heterocycles. The average Bonchev–Trinajstić information content (AvgIpc) is 3.82. The van der Waals surface area contributed by atoms with Gasteiger partial charge in [-0.15, -0.1) is 5.10 Å². The van der Waals surface area contributed by atoms with Gasteiger partial charge < -0.3 is 58.3 Å². The molecule has 0 aliphatic carbocycles. The highest BCUT2D eigenvalue weighted by atomic mass is 16.7. The summed E-state index contributed by atoms with van der Waals surface area (Å²) >= 11 is 0. The molecule has 0 bridgehead atoms. The lowest BCUT2D eigenvalue weighted by atomic mass is 9.77. The number of aliphatic hydroxyl groups excluding tert-OH is 1. The lowest BCUT2D eigenvalue weighted by molar-refractivity contribution is -0.292. The maximum atomic E-state index is 14.5. The summed E-state index contributed by atoms with van der Waals surface area (Å²) in [4.78, 5) is 23.1. The quantitative estimate of drug-likeness (QED) is 0.0903. The Kier molecular flexibility index (Phi) is 21.1. The van der Waals surface area contributed by atoms with Crippen LogP contribution in [0, 0.1) is 17.8 Å². The average molecular weight is 1040 g/mol. The van der Waals surface area contributed by atoms with Crippen molar-refractivity contribution in [1.82, 2.24) is 29.8 Å². The third kappa shape index (κ3) is 15.5. The number of aliphatic hydroxyl groups is 3. The molecule has 416 valence electrons. The summed E-state index contributed by atoms with van der Waals surface area (Å²) < 4.78 is 46.3. The summed E-state index contributed by atoms with van der Waals surface area (Å²) in [5.41, 5.74) is 0.663. The van der Waals surface area contributed by atoms with Gasteiger partial charge in [0.15, 0.2) is 12.6 Å². The van der Waals surface area contributed by atoms with E-state index in [1.165, 1.54) is 12.5 Å². The molecule has 3 saturated heterocycles. The minimum Gasteiger partial charge on any atom is -0.481 e. The lowest BCUT2D eigenvalue weighted by Crippen LogP contribution is -2.59. The zero-order valence-electron chi connectivity index (χ0n) is 47.1. The van der Waals surface area contributed by atoms with Crippen molar-refractivity contribution in [2.75, 3.05) is 41.4 Å². The number of methoxy groups -OCH3 is 2. The zero-order valence-corrected chi connectivity index (χ0v) is 47.1. The number of pyridine rings is 1. The van der Waals surface area contributed by atoms with Crippen LogP contribution >= 0.6 is 0 Å². The van der Waals surface area contributed by atoms with E-state index in [2.05, 4.69) is 71.6 Å². The van der Waals surface area contributed by atoms with Crippen LogP contribution in [-0.4, -0.2) is 171 Å². The molecule has 0 amide bonds. The van der Waals surface area contributed by atoms with E-state index >= 15 is 0 Å². The van der Waals surface area contributed by atoms with E-state index in [0.717, 1.165) is 62.0 Å². The van der Waals surface area contributed by atoms with Crippen LogP contribution in [0.5, 0.6) is 5.88 Å². The molecule has 3 aromatic rings. The van der Waals surface area contributed by atoms with E-state index in [1.807, 2.05) is 69.6 Å². The number of hydrogen-bond donors (Lipinski definition) is 3. The van der Waals surface area contributed by atoms with Gasteiger partial charge in [0.05, 0.1) is 54.3 Å². The Labute approximate surface area is 441 Å². The van der Waals surface area contributed by atoms with Crippen molar-refractivity contribution in [3.63, 3.8) is 0 Å². The highest BCUT2D eigenvalue weighted by Gasteiger charge is 2.51. The van der Waals surface area contributed by atoms with Crippen molar-refractivity contribution in [2.45, 2.75) is 218 Å². The number of likely N-dealkylation sites (N-methyl/N-ethyl adjacent to an activating group) is 2. The predicted octanol–water partition coefficient (Wildman–Crippen LogP) is 7.26. The van der Waals surface area contributed by atoms with Gasteiger partial charge in [-0.05, 0) is 124 Å². The molecule has 0 unspecified atom stereocenters. The first kappa shape index (κ1) is 59.6. The minimum absolute atomic E-state index is 0.0872. The number of nitrogens with zero attached hydrogens (tertiary/aromatic N) is 6. The van der Waals surface area contributed by atoms with Crippen LogP contribution in [0.15, 0.2) is 48.8 Å². The van der Waals surface area contributed by atoms with Crippen molar-refractivity contribution < 1.29 is 53.3 Å². The summed E-state index contributed by atoms with van der Waals surface area (Å²) in [6.07, 6.45) is 4.81. The van der Waals surface area contributed by atoms with Crippen LogP contribution in [0.25, 0.3) is 11.1 Å². The molecule has 0 radical (unpaired) electrons. The fraction of sp³-hybridized carbons (Fsp3) is 0.754. The van der Waals surface area contributed by atoms with Crippen molar-refractivity contribution in [2.24, 2.45) is 17.8 Å². The number of aromatic nitrogens is 4. The number of carbonyl (C=O) groups excluding carboxylic acids is 1. The molecule has 3 aliphatic rings. The molecular weight excluding hydrogens is 945 g/mol. The van der Waals surface area contributed by atoms with Gasteiger partial charge in [-0.1, -0.05) is 50.3 Å². The standard InChI is InChI=1S/C57H92N6O11/c1-15-47-57(10,67)52(64)41(7)62(12)34-36(2)30-56(9,66)53(39(5)51(40(6)54(65)72-47)73-50-32-55(8,69-14)31-38(4)71-50)74-49-29-46(28-37(3)70-49)61(11)27-25-45-35-63(60-59-45)26-17-16-18-42-19-21-43(22-20-42)44-23-24-48(68-13)58-33-44/h19-24,33,35-41,46-47,49-53,64,66-67H,15-18,25-32,34H2,1-14H3/t36-,37-,38+,39+,40-,41-,46+,47-,49+,50+,51+,52-,53-,55+,56-,57-/m1/s1. The first-order valence-electron chi connectivity index (χ1n) is 27.3. The Morgan fingerprint density at radius 2 is 1.57 bits per heavy atom. The molecule has 17 nitrogen and oxygen atoms in total. The zero-order chi connectivity index (χ0) is 54.1. The maximum Gasteiger partial charge on any atom is 0.311 e. The van der Waals surface area contributed by atoms with Crippen molar-refractivity contribution in [3.8, 4) is 17.0 Å². The number of benzene rings is 1. The van der Waals surface area contributed by atoms with Crippen molar-refractivity contribution in [3.05, 3.63) is 60.0 Å². The van der Waals surface area contributed by atoms with E-state index in [-0.39, 0.29) is 30.6 Å². The summed E-state index contributed by atoms with van der Waals surface area (Å²) in [5, 5.41) is 45.4. The van der Waals surface area contributed by atoms with Gasteiger partial charge in [-0.3, -0.25) is 9.48 Å². The first-order valence-corrected chi connectivity index (χ1v) is 27.3. The molecule has 0 spiro atoms. The fourth-order valence-electron chi connectivity index (χ4n) is 11.8. The van der Waals surface area contributed by atoms with Gasteiger partial charge in [0.2, 0.25) is 5.88 Å². The van der Waals surface area contributed by atoms with Gasteiger partial charge in [-0.2, -0.15) is 0 Å². The SMILES string of the molecule is CC[C@H]1OC(=O)[C@H](C)[C@@H](O[C@H]2C[C@@](C)(OC)C[C@H](C)O2)[C@H](C)[C@@H](O[C@H]2C[C@@H](N(C)CCc3cn(CCCCc4ccc(-c5ccc(OC)nc5)cc4)nn3)C[C@@H](C)O2)[C@](C)(O)C[C@@H](C)CN(C)[C@H](C)[C@@H](O)[C@]1(C)O. The lowest BCUT2D eigenvalue weighted by Gasteiger charge is -2.47. The molecule has 3 N–H and O–H groups in total. The van der Waals surface area contributed by atoms with Crippen LogP contribution in [0.3, 0.4) is 0 Å². The maximum absolute atomic E-state index is 14.5. The van der Waals surface area contributed by atoms with Gasteiger partial charge in [0.1, 0.15) is 17.8 Å². The molecule has 1 aromatic carbocycles. The second kappa shape index (κ2) is 26.2. The van der Waals surface area contributed by atoms with Crippen molar-refractivity contribution in [1.29, 1.82) is 0 Å². The molecule has 2 aromatic heterocycles. The van der Waals surface area contributed by atoms with E-state index < -0.39 is 77.6 Å². The smallest absolute Gasteiger partial charge is 0.311 e. The minimum atomic E-state index is -1.77. The Morgan fingerprint density at radius 3 is 2.23 bits per heavy atom. The number of cyclic esters (lactones) is 1. The molecule has 16 atom stereocenters. The molecule has 3 fully saturated rings. The monoisotopic (exact) mass is 1040 g/mol.